The van der Waals surface area contributed by atoms with Crippen molar-refractivity contribution in [1.29, 1.82) is 0 Å². The molecule has 2 N–H and O–H groups in total. The highest BCUT2D eigenvalue weighted by atomic mass is 35.5. The molecule has 2 amide bonds. The predicted octanol–water partition coefficient (Wildman–Crippen LogP) is 5.08. The highest BCUT2D eigenvalue weighted by Crippen LogP contribution is 2.25. The summed E-state index contributed by atoms with van der Waals surface area (Å²) in [6.07, 6.45) is 1.47. The Balaban J connectivity index is 1.46. The second-order valence-corrected chi connectivity index (χ2v) is 10.5. The molecule has 4 rings (SSSR count). The molecule has 7 nitrogen and oxygen atoms in total. The number of hydrogen-bond acceptors (Lipinski definition) is 4. The fourth-order valence-electron chi connectivity index (χ4n) is 3.72. The van der Waals surface area contributed by atoms with Gasteiger partial charge in [0.25, 0.3) is 11.8 Å². The molecule has 1 heterocycles. The Morgan fingerprint density at radius 1 is 0.882 bits per heavy atom. The number of nitrogens with zero attached hydrogens (tertiary/aromatic N) is 1. The van der Waals surface area contributed by atoms with Crippen molar-refractivity contribution < 1.29 is 18.0 Å². The number of carbonyl (C=O) groups excluding carboxylic acids is 2. The minimum absolute atomic E-state index is 0.138. The maximum absolute atomic E-state index is 12.8. The summed E-state index contributed by atoms with van der Waals surface area (Å²) in [5.74, 6) is -0.514. The van der Waals surface area contributed by atoms with Gasteiger partial charge in [-0.2, -0.15) is 0 Å². The van der Waals surface area contributed by atoms with E-state index in [0.29, 0.717) is 46.2 Å². The van der Waals surface area contributed by atoms with E-state index in [9.17, 15) is 18.0 Å². The average molecular weight is 498 g/mol. The van der Waals surface area contributed by atoms with E-state index in [-0.39, 0.29) is 17.6 Å². The number of nitrogens with one attached hydrogen (secondary N) is 2. The predicted molar refractivity (Wildman–Crippen MR) is 135 cm³/mol. The van der Waals surface area contributed by atoms with Gasteiger partial charge >= 0.3 is 0 Å². The molecule has 3 aromatic rings. The molecular formula is C25H24ClN3O4S. The summed E-state index contributed by atoms with van der Waals surface area (Å²) >= 11 is 5.97. The Morgan fingerprint density at radius 3 is 2.32 bits per heavy atom. The smallest absolute Gasteiger partial charge is 0.255 e. The highest BCUT2D eigenvalue weighted by molar-refractivity contribution is 7.92. The normalized spacial score (nSPS) is 14.9. The van der Waals surface area contributed by atoms with E-state index >= 15 is 0 Å². The Morgan fingerprint density at radius 2 is 1.62 bits per heavy atom. The van der Waals surface area contributed by atoms with Gasteiger partial charge in [-0.1, -0.05) is 23.7 Å². The van der Waals surface area contributed by atoms with Crippen LogP contribution in [0.25, 0.3) is 0 Å². The van der Waals surface area contributed by atoms with Crippen molar-refractivity contribution in [3.8, 4) is 0 Å². The topological polar surface area (TPSA) is 95.6 Å². The van der Waals surface area contributed by atoms with Gasteiger partial charge < -0.3 is 10.6 Å². The maximum Gasteiger partial charge on any atom is 0.255 e. The highest BCUT2D eigenvalue weighted by Gasteiger charge is 2.26. The summed E-state index contributed by atoms with van der Waals surface area (Å²) in [6.45, 7) is 2.30. The van der Waals surface area contributed by atoms with Crippen molar-refractivity contribution in [3.63, 3.8) is 0 Å². The molecule has 0 saturated carbocycles. The minimum atomic E-state index is -3.31. The number of sulfonamides is 1. The van der Waals surface area contributed by atoms with Crippen molar-refractivity contribution in [1.82, 2.24) is 0 Å². The molecule has 0 radical (unpaired) electrons. The van der Waals surface area contributed by atoms with E-state index in [2.05, 4.69) is 10.6 Å². The van der Waals surface area contributed by atoms with E-state index in [1.54, 1.807) is 66.7 Å². The first-order chi connectivity index (χ1) is 16.2. The zero-order chi connectivity index (χ0) is 24.3. The number of benzene rings is 3. The first-order valence-electron chi connectivity index (χ1n) is 10.8. The van der Waals surface area contributed by atoms with E-state index in [1.165, 1.54) is 4.31 Å². The average Bonchev–Trinajstić information content (AvgIpc) is 2.81. The van der Waals surface area contributed by atoms with E-state index < -0.39 is 10.0 Å². The summed E-state index contributed by atoms with van der Waals surface area (Å²) in [4.78, 5) is 25.3. The lowest BCUT2D eigenvalue weighted by atomic mass is 10.1. The van der Waals surface area contributed by atoms with Gasteiger partial charge in [0.05, 0.1) is 11.4 Å². The zero-order valence-electron chi connectivity index (χ0n) is 18.5. The second-order valence-electron chi connectivity index (χ2n) is 8.09. The zero-order valence-corrected chi connectivity index (χ0v) is 20.1. The molecule has 0 atom stereocenters. The van der Waals surface area contributed by atoms with Gasteiger partial charge in [0, 0.05) is 34.1 Å². The van der Waals surface area contributed by atoms with E-state index in [0.717, 1.165) is 12.0 Å². The van der Waals surface area contributed by atoms with Gasteiger partial charge in [-0.3, -0.25) is 13.9 Å². The number of aryl methyl sites for hydroxylation is 1. The fourth-order valence-corrected chi connectivity index (χ4v) is 5.55. The van der Waals surface area contributed by atoms with Crippen LogP contribution in [0, 0.1) is 6.92 Å². The molecule has 34 heavy (non-hydrogen) atoms. The molecule has 1 aliphatic heterocycles. The summed E-state index contributed by atoms with van der Waals surface area (Å²) in [6, 6.07) is 18.4. The first kappa shape index (κ1) is 23.8. The van der Waals surface area contributed by atoms with Crippen LogP contribution in [0.15, 0.2) is 66.7 Å². The Labute approximate surface area is 203 Å². The number of rotatable bonds is 5. The fraction of sp³-hybridized carbons (Fsp3) is 0.200. The molecular weight excluding hydrogens is 474 g/mol. The standard InChI is InChI=1S/C25H24ClN3O4S/c1-17-7-10-21(16-23(17)28-25(31)19-5-4-6-20(26)15-19)27-24(30)18-8-11-22(12-9-18)29-13-2-3-14-34(29,32)33/h4-12,15-16H,2-3,13-14H2,1H3,(H,27,30)(H,28,31). The molecule has 1 saturated heterocycles. The SMILES string of the molecule is Cc1ccc(NC(=O)c2ccc(N3CCCCS3(=O)=O)cc2)cc1NC(=O)c1cccc(Cl)c1. The van der Waals surface area contributed by atoms with Crippen molar-refractivity contribution in [2.45, 2.75) is 19.8 Å². The van der Waals surface area contributed by atoms with Gasteiger partial charge in [-0.05, 0) is 79.9 Å². The van der Waals surface area contributed by atoms with Gasteiger partial charge in [0.1, 0.15) is 0 Å². The lowest BCUT2D eigenvalue weighted by Crippen LogP contribution is -2.37. The van der Waals surface area contributed by atoms with Crippen molar-refractivity contribution >= 4 is 50.5 Å². The van der Waals surface area contributed by atoms with Crippen molar-refractivity contribution in [2.75, 3.05) is 27.2 Å². The van der Waals surface area contributed by atoms with E-state index in [4.69, 9.17) is 11.6 Å². The number of amides is 2. The van der Waals surface area contributed by atoms with Gasteiger partial charge in [0.15, 0.2) is 0 Å². The molecule has 9 heteroatoms. The Hall–Kier alpha value is -3.36. The number of hydrogen-bond donors (Lipinski definition) is 2. The van der Waals surface area contributed by atoms with E-state index in [1.807, 2.05) is 6.92 Å². The maximum atomic E-state index is 12.8. The molecule has 1 aliphatic rings. The third-order valence-electron chi connectivity index (χ3n) is 5.60. The van der Waals surface area contributed by atoms with Gasteiger partial charge in [-0.15, -0.1) is 0 Å². The van der Waals surface area contributed by atoms with Crippen LogP contribution in [0.1, 0.15) is 39.1 Å². The first-order valence-corrected chi connectivity index (χ1v) is 12.8. The summed E-state index contributed by atoms with van der Waals surface area (Å²) < 4.78 is 26.0. The third-order valence-corrected chi connectivity index (χ3v) is 7.70. The number of anilines is 3. The molecule has 0 spiro atoms. The molecule has 176 valence electrons. The van der Waals surface area contributed by atoms with Gasteiger partial charge in [0.2, 0.25) is 10.0 Å². The van der Waals surface area contributed by atoms with Crippen molar-refractivity contribution in [3.05, 3.63) is 88.4 Å². The van der Waals surface area contributed by atoms with Crippen molar-refractivity contribution in [2.24, 2.45) is 0 Å². The lowest BCUT2D eigenvalue weighted by molar-refractivity contribution is 0.101. The molecule has 1 fully saturated rings. The van der Waals surface area contributed by atoms with Crippen LogP contribution >= 0.6 is 11.6 Å². The minimum Gasteiger partial charge on any atom is -0.322 e. The summed E-state index contributed by atoms with van der Waals surface area (Å²) in [5, 5.41) is 6.13. The van der Waals surface area contributed by atoms with Crippen LogP contribution in [0.4, 0.5) is 17.1 Å². The van der Waals surface area contributed by atoms with Crippen LogP contribution in [0.3, 0.4) is 0 Å². The molecule has 0 unspecified atom stereocenters. The number of carbonyl (C=O) groups is 2. The second kappa shape index (κ2) is 9.87. The quantitative estimate of drug-likeness (QED) is 0.513. The number of halogens is 1. The van der Waals surface area contributed by atoms with Crippen LogP contribution < -0.4 is 14.9 Å². The lowest BCUT2D eigenvalue weighted by Gasteiger charge is -2.28. The summed E-state index contributed by atoms with van der Waals surface area (Å²) in [7, 11) is -3.31. The molecule has 0 aliphatic carbocycles. The monoisotopic (exact) mass is 497 g/mol. The van der Waals surface area contributed by atoms with Crippen LogP contribution in [0.2, 0.25) is 5.02 Å². The Bertz CT molecular complexity index is 1340. The van der Waals surface area contributed by atoms with Crippen LogP contribution in [-0.4, -0.2) is 32.5 Å². The van der Waals surface area contributed by atoms with Crippen LogP contribution in [0.5, 0.6) is 0 Å². The van der Waals surface area contributed by atoms with Crippen LogP contribution in [-0.2, 0) is 10.0 Å². The molecule has 0 bridgehead atoms. The summed E-state index contributed by atoms with van der Waals surface area (Å²) in [5.41, 5.74) is 3.28. The molecule has 0 aromatic heterocycles. The largest absolute Gasteiger partial charge is 0.322 e. The third kappa shape index (κ3) is 5.40. The van der Waals surface area contributed by atoms with Gasteiger partial charge in [-0.25, -0.2) is 8.42 Å². The molecule has 3 aromatic carbocycles. The Kier molecular flexibility index (Phi) is 6.90.